The molecule has 0 N–H and O–H groups in total. The van der Waals surface area contributed by atoms with Gasteiger partial charge in [0.2, 0.25) is 0 Å². The van der Waals surface area contributed by atoms with Crippen LogP contribution in [0.15, 0.2) is 5.16 Å². The number of hydrogen-bond acceptors (Lipinski definition) is 4. The maximum absolute atomic E-state index is 11.9. The maximum Gasteiger partial charge on any atom is 0.357 e. The molecular formula is C9H9Br3N2O2S. The molecule has 4 nitrogen and oxygen atoms in total. The van der Waals surface area contributed by atoms with Crippen LogP contribution in [-0.4, -0.2) is 26.3 Å². The largest absolute Gasteiger partial charge is 0.461 e. The van der Waals surface area contributed by atoms with Crippen molar-refractivity contribution in [1.29, 1.82) is 0 Å². The van der Waals surface area contributed by atoms with Crippen molar-refractivity contribution in [2.75, 3.05) is 6.61 Å². The number of carbonyl (C=O) groups excluding carboxylic acids is 1. The van der Waals surface area contributed by atoms with E-state index >= 15 is 0 Å². The first-order chi connectivity index (χ1) is 8.10. The lowest BCUT2D eigenvalue weighted by atomic mass is 10.3. The van der Waals surface area contributed by atoms with E-state index in [4.69, 9.17) is 4.74 Å². The summed E-state index contributed by atoms with van der Waals surface area (Å²) in [4.78, 5) is 16.4. The second-order valence-corrected chi connectivity index (χ2v) is 7.46. The Morgan fingerprint density at radius 3 is 2.88 bits per heavy atom. The number of fused-ring (bicyclic) bond motifs is 1. The summed E-state index contributed by atoms with van der Waals surface area (Å²) in [6, 6.07) is 0. The molecule has 0 saturated carbocycles. The van der Waals surface area contributed by atoms with E-state index in [1.165, 1.54) is 0 Å². The standard InChI is InChI=1S/C9H9Br3N2O2S/c1-2-16-8(15)5-4(3-10)13-9-14(5)6(11)7(12)17-9/h6-7H,2-3H2,1H3/t6-,7-/m1/s1. The van der Waals surface area contributed by atoms with Crippen molar-refractivity contribution in [3.05, 3.63) is 11.4 Å². The van der Waals surface area contributed by atoms with Gasteiger partial charge in [-0.2, -0.15) is 0 Å². The minimum atomic E-state index is -0.327. The van der Waals surface area contributed by atoms with Gasteiger partial charge in [0.05, 0.1) is 16.5 Å². The molecule has 0 amide bonds. The second kappa shape index (κ2) is 5.63. The van der Waals surface area contributed by atoms with Gasteiger partial charge in [-0.1, -0.05) is 59.6 Å². The van der Waals surface area contributed by atoms with Crippen molar-refractivity contribution in [2.24, 2.45) is 0 Å². The van der Waals surface area contributed by atoms with Gasteiger partial charge in [0.1, 0.15) is 4.95 Å². The van der Waals surface area contributed by atoms with E-state index in [0.717, 1.165) is 10.9 Å². The number of nitrogens with zero attached hydrogens (tertiary/aromatic N) is 2. The monoisotopic (exact) mass is 446 g/mol. The average molecular weight is 449 g/mol. The first-order valence-electron chi connectivity index (χ1n) is 4.89. The zero-order valence-electron chi connectivity index (χ0n) is 8.82. The molecule has 1 aliphatic heterocycles. The predicted molar refractivity (Wildman–Crippen MR) is 77.4 cm³/mol. The van der Waals surface area contributed by atoms with Gasteiger partial charge in [0, 0.05) is 5.33 Å². The summed E-state index contributed by atoms with van der Waals surface area (Å²) in [6.07, 6.45) is 0. The molecule has 0 unspecified atom stereocenters. The molecule has 94 valence electrons. The molecule has 0 bridgehead atoms. The summed E-state index contributed by atoms with van der Waals surface area (Å²) >= 11 is 12.0. The van der Waals surface area contributed by atoms with E-state index in [2.05, 4.69) is 52.8 Å². The number of thioether (sulfide) groups is 1. The van der Waals surface area contributed by atoms with Crippen LogP contribution in [0.1, 0.15) is 28.1 Å². The van der Waals surface area contributed by atoms with Crippen molar-refractivity contribution in [3.63, 3.8) is 0 Å². The molecule has 1 aliphatic rings. The normalized spacial score (nSPS) is 22.6. The smallest absolute Gasteiger partial charge is 0.357 e. The Bertz CT molecular complexity index is 452. The van der Waals surface area contributed by atoms with Crippen LogP contribution in [0, 0.1) is 0 Å². The summed E-state index contributed by atoms with van der Waals surface area (Å²) in [5.41, 5.74) is 1.24. The molecule has 2 rings (SSSR count). The number of aromatic nitrogens is 2. The van der Waals surface area contributed by atoms with Gasteiger partial charge in [-0.15, -0.1) is 0 Å². The van der Waals surface area contributed by atoms with E-state index in [-0.39, 0.29) is 15.1 Å². The van der Waals surface area contributed by atoms with E-state index in [9.17, 15) is 4.79 Å². The summed E-state index contributed by atoms with van der Waals surface area (Å²) in [5, 5.41) is 1.36. The fraction of sp³-hybridized carbons (Fsp3) is 0.556. The van der Waals surface area contributed by atoms with E-state index in [1.807, 2.05) is 4.57 Å². The van der Waals surface area contributed by atoms with Crippen LogP contribution >= 0.6 is 59.6 Å². The molecule has 8 heteroatoms. The third kappa shape index (κ3) is 2.46. The number of ether oxygens (including phenoxy) is 1. The Kier molecular flexibility index (Phi) is 4.60. The molecule has 0 fully saturated rings. The van der Waals surface area contributed by atoms with Gasteiger partial charge >= 0.3 is 5.97 Å². The minimum absolute atomic E-state index is 0.00204. The zero-order valence-corrected chi connectivity index (χ0v) is 14.4. The van der Waals surface area contributed by atoms with Crippen LogP contribution in [0.3, 0.4) is 0 Å². The van der Waals surface area contributed by atoms with Crippen molar-refractivity contribution < 1.29 is 9.53 Å². The van der Waals surface area contributed by atoms with Crippen molar-refractivity contribution >= 4 is 65.5 Å². The molecular weight excluding hydrogens is 440 g/mol. The first-order valence-corrected chi connectivity index (χ1v) is 8.72. The van der Waals surface area contributed by atoms with Gasteiger partial charge in [-0.3, -0.25) is 4.57 Å². The average Bonchev–Trinajstić information content (AvgIpc) is 2.77. The number of imidazole rings is 1. The molecule has 17 heavy (non-hydrogen) atoms. The number of carbonyl (C=O) groups is 1. The third-order valence-corrected chi connectivity index (χ3v) is 6.80. The van der Waals surface area contributed by atoms with Gasteiger partial charge in [0.25, 0.3) is 0 Å². The second-order valence-electron chi connectivity index (χ2n) is 3.26. The lowest BCUT2D eigenvalue weighted by Crippen LogP contribution is -2.16. The number of halogens is 3. The van der Waals surface area contributed by atoms with E-state index < -0.39 is 0 Å². The lowest BCUT2D eigenvalue weighted by molar-refractivity contribution is 0.0512. The Morgan fingerprint density at radius 1 is 1.59 bits per heavy atom. The van der Waals surface area contributed by atoms with Crippen molar-refractivity contribution in [3.8, 4) is 0 Å². The van der Waals surface area contributed by atoms with Crippen LogP contribution in [0.2, 0.25) is 0 Å². The summed E-state index contributed by atoms with van der Waals surface area (Å²) in [5.74, 6) is -0.327. The number of esters is 1. The topological polar surface area (TPSA) is 44.1 Å². The predicted octanol–water partition coefficient (Wildman–Crippen LogP) is 3.67. The van der Waals surface area contributed by atoms with Crippen LogP contribution in [-0.2, 0) is 10.1 Å². The van der Waals surface area contributed by atoms with Crippen molar-refractivity contribution in [2.45, 2.75) is 26.5 Å². The van der Waals surface area contributed by atoms with Gasteiger partial charge < -0.3 is 4.74 Å². The highest BCUT2D eigenvalue weighted by atomic mass is 79.9. The van der Waals surface area contributed by atoms with Gasteiger partial charge in [-0.25, -0.2) is 9.78 Å². The number of rotatable bonds is 3. The summed E-state index contributed by atoms with van der Waals surface area (Å²) in [7, 11) is 0. The fourth-order valence-corrected chi connectivity index (χ4v) is 4.46. The number of hydrogen-bond donors (Lipinski definition) is 0. The van der Waals surface area contributed by atoms with E-state index in [0.29, 0.717) is 17.6 Å². The van der Waals surface area contributed by atoms with E-state index in [1.54, 1.807) is 18.7 Å². The first kappa shape index (κ1) is 13.9. The zero-order chi connectivity index (χ0) is 12.6. The SMILES string of the molecule is CCOC(=O)c1c(CBr)nc2n1[C@@H](Br)[C@H](Br)S2. The minimum Gasteiger partial charge on any atom is -0.461 e. The molecule has 0 aromatic carbocycles. The molecule has 0 aliphatic carbocycles. The summed E-state index contributed by atoms with van der Waals surface area (Å²) < 4.78 is 7.11. The Hall–Kier alpha value is 0.470. The Balaban J connectivity index is 2.46. The molecule has 2 heterocycles. The van der Waals surface area contributed by atoms with Crippen LogP contribution in [0.4, 0.5) is 0 Å². The molecule has 1 aromatic rings. The maximum atomic E-state index is 11.9. The molecule has 0 spiro atoms. The lowest BCUT2D eigenvalue weighted by Gasteiger charge is -2.11. The third-order valence-electron chi connectivity index (χ3n) is 2.23. The van der Waals surface area contributed by atoms with Crippen molar-refractivity contribution in [1.82, 2.24) is 9.55 Å². The Morgan fingerprint density at radius 2 is 2.29 bits per heavy atom. The highest BCUT2D eigenvalue weighted by molar-refractivity contribution is 9.13. The molecule has 0 saturated heterocycles. The number of alkyl halides is 3. The highest BCUT2D eigenvalue weighted by Crippen LogP contribution is 2.47. The fourth-order valence-electron chi connectivity index (χ4n) is 1.55. The summed E-state index contributed by atoms with van der Waals surface area (Å²) in [6.45, 7) is 2.15. The van der Waals surface area contributed by atoms with Crippen LogP contribution < -0.4 is 0 Å². The van der Waals surface area contributed by atoms with Gasteiger partial charge in [0.15, 0.2) is 10.9 Å². The molecule has 1 aromatic heterocycles. The van der Waals surface area contributed by atoms with Crippen LogP contribution in [0.5, 0.6) is 0 Å². The molecule has 2 atom stereocenters. The highest BCUT2D eigenvalue weighted by Gasteiger charge is 2.36. The molecule has 0 radical (unpaired) electrons. The van der Waals surface area contributed by atoms with Gasteiger partial charge in [-0.05, 0) is 6.92 Å². The quantitative estimate of drug-likeness (QED) is 0.522. The Labute approximate surface area is 128 Å². The van der Waals surface area contributed by atoms with Crippen LogP contribution in [0.25, 0.3) is 0 Å².